The maximum atomic E-state index is 12.4. The molecule has 1 aromatic heterocycles. The van der Waals surface area contributed by atoms with Crippen molar-refractivity contribution in [2.75, 3.05) is 20.6 Å². The zero-order valence-corrected chi connectivity index (χ0v) is 14.2. The van der Waals surface area contributed by atoms with E-state index in [2.05, 4.69) is 4.72 Å². The molecule has 0 amide bonds. The lowest BCUT2D eigenvalue weighted by atomic mass is 10.2. The molecule has 6 nitrogen and oxygen atoms in total. The topological polar surface area (TPSA) is 86.3 Å². The van der Waals surface area contributed by atoms with E-state index in [9.17, 15) is 8.42 Å². The molecular weight excluding hydrogens is 338 g/mol. The normalized spacial score (nSPS) is 13.0. The average molecular weight is 354 g/mol. The van der Waals surface area contributed by atoms with E-state index in [1.165, 1.54) is 18.2 Å². The van der Waals surface area contributed by atoms with Crippen LogP contribution in [0.1, 0.15) is 17.4 Å². The van der Waals surface area contributed by atoms with E-state index in [-0.39, 0.29) is 28.1 Å². The van der Waals surface area contributed by atoms with E-state index in [0.717, 1.165) is 0 Å². The standard InChI is InChI=1S/C15H16ClN3O3S/c1-19(2)14(15-4-3-7-22-15)10-18-23(20,21)12-6-5-11(9-17)13(16)8-12/h3-8,14,18H,10H2,1-2H3. The van der Waals surface area contributed by atoms with E-state index < -0.39 is 10.0 Å². The Bertz CT molecular complexity index is 811. The summed E-state index contributed by atoms with van der Waals surface area (Å²) in [6.07, 6.45) is 1.54. The second kappa shape index (κ2) is 7.15. The van der Waals surface area contributed by atoms with E-state index in [1.54, 1.807) is 18.4 Å². The molecule has 1 heterocycles. The van der Waals surface area contributed by atoms with Gasteiger partial charge in [-0.05, 0) is 44.4 Å². The third-order valence-electron chi connectivity index (χ3n) is 3.33. The van der Waals surface area contributed by atoms with Gasteiger partial charge in [0, 0.05) is 6.54 Å². The first-order valence-corrected chi connectivity index (χ1v) is 8.60. The molecule has 0 saturated carbocycles. The van der Waals surface area contributed by atoms with Gasteiger partial charge in [-0.15, -0.1) is 0 Å². The van der Waals surface area contributed by atoms with Crippen LogP contribution in [0.25, 0.3) is 0 Å². The first-order valence-electron chi connectivity index (χ1n) is 6.74. The van der Waals surface area contributed by atoms with Crippen LogP contribution in [-0.4, -0.2) is 34.0 Å². The lowest BCUT2D eigenvalue weighted by Gasteiger charge is -2.22. The molecule has 0 aliphatic rings. The van der Waals surface area contributed by atoms with Crippen LogP contribution in [-0.2, 0) is 10.0 Å². The third-order valence-corrected chi connectivity index (χ3v) is 5.07. The second-order valence-corrected chi connectivity index (χ2v) is 7.27. The second-order valence-electron chi connectivity index (χ2n) is 5.10. The number of nitriles is 1. The lowest BCUT2D eigenvalue weighted by Crippen LogP contribution is -2.34. The molecule has 1 atom stereocenters. The number of hydrogen-bond donors (Lipinski definition) is 1. The summed E-state index contributed by atoms with van der Waals surface area (Å²) >= 11 is 5.89. The molecule has 0 aliphatic carbocycles. The minimum atomic E-state index is -3.74. The van der Waals surface area contributed by atoms with Crippen molar-refractivity contribution in [2.24, 2.45) is 0 Å². The zero-order chi connectivity index (χ0) is 17.0. The zero-order valence-electron chi connectivity index (χ0n) is 12.7. The highest BCUT2D eigenvalue weighted by atomic mass is 35.5. The number of hydrogen-bond acceptors (Lipinski definition) is 5. The summed E-state index contributed by atoms with van der Waals surface area (Å²) in [5.41, 5.74) is 0.229. The molecule has 122 valence electrons. The van der Waals surface area contributed by atoms with Gasteiger partial charge in [-0.1, -0.05) is 11.6 Å². The van der Waals surface area contributed by atoms with Gasteiger partial charge >= 0.3 is 0 Å². The molecule has 0 spiro atoms. The van der Waals surface area contributed by atoms with Crippen LogP contribution in [0.15, 0.2) is 45.9 Å². The van der Waals surface area contributed by atoms with Crippen LogP contribution in [0.2, 0.25) is 5.02 Å². The van der Waals surface area contributed by atoms with Gasteiger partial charge in [-0.2, -0.15) is 5.26 Å². The van der Waals surface area contributed by atoms with Crippen molar-refractivity contribution in [3.05, 3.63) is 52.9 Å². The summed E-state index contributed by atoms with van der Waals surface area (Å²) in [5.74, 6) is 0.663. The molecule has 23 heavy (non-hydrogen) atoms. The van der Waals surface area contributed by atoms with E-state index >= 15 is 0 Å². The van der Waals surface area contributed by atoms with Crippen molar-refractivity contribution in [1.29, 1.82) is 5.26 Å². The highest BCUT2D eigenvalue weighted by Gasteiger charge is 2.22. The van der Waals surface area contributed by atoms with E-state index in [0.29, 0.717) is 5.76 Å². The maximum absolute atomic E-state index is 12.4. The van der Waals surface area contributed by atoms with Crippen LogP contribution >= 0.6 is 11.6 Å². The van der Waals surface area contributed by atoms with Crippen molar-refractivity contribution in [2.45, 2.75) is 10.9 Å². The predicted octanol–water partition coefficient (Wildman–Crippen LogP) is 2.39. The molecule has 8 heteroatoms. The third kappa shape index (κ3) is 4.12. The number of halogens is 1. The van der Waals surface area contributed by atoms with Crippen molar-refractivity contribution < 1.29 is 12.8 Å². The largest absolute Gasteiger partial charge is 0.468 e. The Morgan fingerprint density at radius 1 is 1.39 bits per heavy atom. The number of nitrogens with zero attached hydrogens (tertiary/aromatic N) is 2. The summed E-state index contributed by atoms with van der Waals surface area (Å²) < 4.78 is 32.6. The molecule has 2 aromatic rings. The van der Waals surface area contributed by atoms with Gasteiger partial charge in [-0.3, -0.25) is 4.90 Å². The number of benzene rings is 1. The number of sulfonamides is 1. The number of likely N-dealkylation sites (N-methyl/N-ethyl adjacent to an activating group) is 1. The summed E-state index contributed by atoms with van der Waals surface area (Å²) in [6, 6.07) is 9.19. The van der Waals surface area contributed by atoms with Crippen LogP contribution in [0.3, 0.4) is 0 Å². The smallest absolute Gasteiger partial charge is 0.240 e. The Hall–Kier alpha value is -1.85. The monoisotopic (exact) mass is 353 g/mol. The molecule has 1 aromatic carbocycles. The maximum Gasteiger partial charge on any atom is 0.240 e. The first-order chi connectivity index (χ1) is 10.8. The van der Waals surface area contributed by atoms with Crippen LogP contribution in [0.5, 0.6) is 0 Å². The minimum Gasteiger partial charge on any atom is -0.468 e. The fraction of sp³-hybridized carbons (Fsp3) is 0.267. The average Bonchev–Trinajstić information content (AvgIpc) is 3.01. The number of rotatable bonds is 6. The van der Waals surface area contributed by atoms with Crippen molar-refractivity contribution >= 4 is 21.6 Å². The Morgan fingerprint density at radius 3 is 2.65 bits per heavy atom. The summed E-state index contributed by atoms with van der Waals surface area (Å²) in [5, 5.41) is 8.94. The highest BCUT2D eigenvalue weighted by Crippen LogP contribution is 2.22. The Kier molecular flexibility index (Phi) is 5.44. The lowest BCUT2D eigenvalue weighted by molar-refractivity contribution is 0.259. The van der Waals surface area contributed by atoms with Gasteiger partial charge in [0.25, 0.3) is 0 Å². The Balaban J connectivity index is 2.18. The summed E-state index contributed by atoms with van der Waals surface area (Å²) in [6.45, 7) is 0.139. The van der Waals surface area contributed by atoms with Crippen LogP contribution in [0, 0.1) is 11.3 Å². The van der Waals surface area contributed by atoms with Gasteiger partial charge in [-0.25, -0.2) is 13.1 Å². The minimum absolute atomic E-state index is 0.0125. The quantitative estimate of drug-likeness (QED) is 0.861. The first kappa shape index (κ1) is 17.5. The molecule has 0 aliphatic heterocycles. The van der Waals surface area contributed by atoms with E-state index in [1.807, 2.05) is 25.1 Å². The van der Waals surface area contributed by atoms with Crippen molar-refractivity contribution in [3.63, 3.8) is 0 Å². The Morgan fingerprint density at radius 2 is 2.13 bits per heavy atom. The van der Waals surface area contributed by atoms with Crippen molar-refractivity contribution in [1.82, 2.24) is 9.62 Å². The Labute approximate surface area is 140 Å². The molecular formula is C15H16ClN3O3S. The van der Waals surface area contributed by atoms with Gasteiger partial charge in [0.2, 0.25) is 10.0 Å². The molecule has 2 rings (SSSR count). The number of furan rings is 1. The predicted molar refractivity (Wildman–Crippen MR) is 86.5 cm³/mol. The molecule has 0 saturated heterocycles. The number of nitrogens with one attached hydrogen (secondary N) is 1. The SMILES string of the molecule is CN(C)C(CNS(=O)(=O)c1ccc(C#N)c(Cl)c1)c1ccco1. The van der Waals surface area contributed by atoms with Crippen LogP contribution in [0.4, 0.5) is 0 Å². The molecule has 0 radical (unpaired) electrons. The molecule has 0 fully saturated rings. The van der Waals surface area contributed by atoms with Gasteiger partial charge in [0.1, 0.15) is 11.8 Å². The van der Waals surface area contributed by atoms with Crippen molar-refractivity contribution in [3.8, 4) is 6.07 Å². The summed E-state index contributed by atoms with van der Waals surface area (Å²) in [4.78, 5) is 1.87. The molecule has 0 bridgehead atoms. The van der Waals surface area contributed by atoms with Gasteiger partial charge < -0.3 is 4.42 Å². The highest BCUT2D eigenvalue weighted by molar-refractivity contribution is 7.89. The molecule has 1 N–H and O–H groups in total. The summed E-state index contributed by atoms with van der Waals surface area (Å²) in [7, 11) is -0.0728. The van der Waals surface area contributed by atoms with E-state index in [4.69, 9.17) is 21.3 Å². The molecule has 1 unspecified atom stereocenters. The fourth-order valence-electron chi connectivity index (χ4n) is 2.04. The van der Waals surface area contributed by atoms with Gasteiger partial charge in [0.15, 0.2) is 0 Å². The fourth-order valence-corrected chi connectivity index (χ4v) is 3.40. The van der Waals surface area contributed by atoms with Crippen LogP contribution < -0.4 is 4.72 Å². The van der Waals surface area contributed by atoms with Gasteiger partial charge in [0.05, 0.1) is 27.8 Å².